The molecule has 0 saturated heterocycles. The van der Waals surface area contributed by atoms with Gasteiger partial charge in [-0.15, -0.1) is 0 Å². The summed E-state index contributed by atoms with van der Waals surface area (Å²) in [5, 5.41) is 5.90. The molecule has 0 spiro atoms. The van der Waals surface area contributed by atoms with Crippen LogP contribution in [-0.2, 0) is 11.2 Å². The van der Waals surface area contributed by atoms with Gasteiger partial charge in [0.25, 0.3) is 0 Å². The molecule has 88 valence electrons. The van der Waals surface area contributed by atoms with E-state index in [-0.39, 0.29) is 11.7 Å². The Bertz CT molecular complexity index is 324. The summed E-state index contributed by atoms with van der Waals surface area (Å²) in [6, 6.07) is 6.49. The summed E-state index contributed by atoms with van der Waals surface area (Å²) in [4.78, 5) is 10.6. The molecule has 0 aliphatic rings. The van der Waals surface area contributed by atoms with Crippen molar-refractivity contribution >= 4 is 5.91 Å². The lowest BCUT2D eigenvalue weighted by atomic mass is 10.1. The second-order valence-corrected chi connectivity index (χ2v) is 3.61. The van der Waals surface area contributed by atoms with Crippen LogP contribution in [0, 0.1) is 5.82 Å². The molecule has 3 nitrogen and oxygen atoms in total. The van der Waals surface area contributed by atoms with E-state index in [9.17, 15) is 9.18 Å². The van der Waals surface area contributed by atoms with E-state index in [1.165, 1.54) is 19.1 Å². The van der Waals surface area contributed by atoms with Crippen LogP contribution in [0.1, 0.15) is 12.5 Å². The Kier molecular flexibility index (Phi) is 5.50. The molecule has 1 aromatic rings. The number of rotatable bonds is 6. The fraction of sp³-hybridized carbons (Fsp3) is 0.417. The van der Waals surface area contributed by atoms with Crippen LogP contribution in [0.2, 0.25) is 0 Å². The molecule has 4 heteroatoms. The van der Waals surface area contributed by atoms with Crippen molar-refractivity contribution in [2.24, 2.45) is 0 Å². The number of carbonyl (C=O) groups is 1. The molecule has 1 aromatic carbocycles. The highest BCUT2D eigenvalue weighted by atomic mass is 19.1. The van der Waals surface area contributed by atoms with Gasteiger partial charge in [-0.2, -0.15) is 0 Å². The molecule has 16 heavy (non-hydrogen) atoms. The summed E-state index contributed by atoms with van der Waals surface area (Å²) in [5.74, 6) is -0.220. The number of halogens is 1. The molecule has 1 rings (SSSR count). The van der Waals surface area contributed by atoms with Gasteiger partial charge in [0, 0.05) is 20.0 Å². The number of hydrogen-bond acceptors (Lipinski definition) is 2. The Labute approximate surface area is 95.0 Å². The lowest BCUT2D eigenvalue weighted by molar-refractivity contribution is -0.118. The van der Waals surface area contributed by atoms with E-state index in [0.717, 1.165) is 25.1 Å². The second kappa shape index (κ2) is 6.95. The van der Waals surface area contributed by atoms with Crippen LogP contribution in [0.5, 0.6) is 0 Å². The van der Waals surface area contributed by atoms with Crippen molar-refractivity contribution in [2.45, 2.75) is 13.3 Å². The van der Waals surface area contributed by atoms with E-state index < -0.39 is 0 Å². The average molecular weight is 224 g/mol. The number of amides is 1. The highest BCUT2D eigenvalue weighted by Crippen LogP contribution is 2.02. The van der Waals surface area contributed by atoms with E-state index in [1.807, 2.05) is 0 Å². The number of nitrogens with one attached hydrogen (secondary N) is 2. The third-order valence-electron chi connectivity index (χ3n) is 2.18. The third-order valence-corrected chi connectivity index (χ3v) is 2.18. The lowest BCUT2D eigenvalue weighted by Gasteiger charge is -2.05. The summed E-state index contributed by atoms with van der Waals surface area (Å²) in [5.41, 5.74) is 1.11. The number of hydrogen-bond donors (Lipinski definition) is 2. The molecule has 0 aliphatic carbocycles. The Morgan fingerprint density at radius 2 is 1.88 bits per heavy atom. The normalized spacial score (nSPS) is 10.1. The van der Waals surface area contributed by atoms with Gasteiger partial charge in [0.2, 0.25) is 5.91 Å². The van der Waals surface area contributed by atoms with Gasteiger partial charge in [-0.3, -0.25) is 4.79 Å². The topological polar surface area (TPSA) is 41.1 Å². The summed E-state index contributed by atoms with van der Waals surface area (Å²) in [6.45, 7) is 3.71. The first-order valence-corrected chi connectivity index (χ1v) is 5.38. The van der Waals surface area contributed by atoms with Gasteiger partial charge in [-0.25, -0.2) is 4.39 Å². The molecular weight excluding hydrogens is 207 g/mol. The monoisotopic (exact) mass is 224 g/mol. The van der Waals surface area contributed by atoms with Crippen molar-refractivity contribution in [1.82, 2.24) is 10.6 Å². The largest absolute Gasteiger partial charge is 0.355 e. The molecule has 0 atom stereocenters. The van der Waals surface area contributed by atoms with Crippen LogP contribution in [0.15, 0.2) is 24.3 Å². The minimum atomic E-state index is -0.206. The summed E-state index contributed by atoms with van der Waals surface area (Å²) in [6.07, 6.45) is 0.861. The molecule has 0 unspecified atom stereocenters. The predicted octanol–water partition coefficient (Wildman–Crippen LogP) is 1.09. The van der Waals surface area contributed by atoms with E-state index >= 15 is 0 Å². The zero-order valence-corrected chi connectivity index (χ0v) is 9.42. The van der Waals surface area contributed by atoms with Crippen molar-refractivity contribution in [2.75, 3.05) is 19.6 Å². The highest BCUT2D eigenvalue weighted by molar-refractivity contribution is 5.72. The second-order valence-electron chi connectivity index (χ2n) is 3.61. The quantitative estimate of drug-likeness (QED) is 0.710. The molecular formula is C12H17FN2O. The van der Waals surface area contributed by atoms with Crippen LogP contribution in [0.4, 0.5) is 4.39 Å². The van der Waals surface area contributed by atoms with Crippen molar-refractivity contribution < 1.29 is 9.18 Å². The Morgan fingerprint density at radius 1 is 1.19 bits per heavy atom. The van der Waals surface area contributed by atoms with Gasteiger partial charge >= 0.3 is 0 Å². The van der Waals surface area contributed by atoms with Crippen LogP contribution in [-0.4, -0.2) is 25.5 Å². The van der Waals surface area contributed by atoms with Gasteiger partial charge in [-0.05, 0) is 30.7 Å². The molecule has 0 bridgehead atoms. The van der Waals surface area contributed by atoms with Gasteiger partial charge in [-0.1, -0.05) is 12.1 Å². The zero-order valence-electron chi connectivity index (χ0n) is 9.42. The minimum absolute atomic E-state index is 0.0136. The SMILES string of the molecule is CC(=O)NCCNCCc1ccc(F)cc1. The Hall–Kier alpha value is -1.42. The van der Waals surface area contributed by atoms with Crippen molar-refractivity contribution in [3.63, 3.8) is 0 Å². The molecule has 0 heterocycles. The number of carbonyl (C=O) groups excluding carboxylic acids is 1. The maximum atomic E-state index is 12.6. The Balaban J connectivity index is 2.07. The maximum absolute atomic E-state index is 12.6. The highest BCUT2D eigenvalue weighted by Gasteiger charge is 1.94. The van der Waals surface area contributed by atoms with Crippen molar-refractivity contribution in [3.05, 3.63) is 35.6 Å². The van der Waals surface area contributed by atoms with Gasteiger partial charge in [0.05, 0.1) is 0 Å². The first kappa shape index (κ1) is 12.6. The van der Waals surface area contributed by atoms with Crippen molar-refractivity contribution in [3.8, 4) is 0 Å². The van der Waals surface area contributed by atoms with E-state index in [1.54, 1.807) is 12.1 Å². The molecule has 1 amide bonds. The van der Waals surface area contributed by atoms with Gasteiger partial charge in [0.1, 0.15) is 5.82 Å². The summed E-state index contributed by atoms with van der Waals surface area (Å²) in [7, 11) is 0. The van der Waals surface area contributed by atoms with Gasteiger partial charge in [0.15, 0.2) is 0 Å². The maximum Gasteiger partial charge on any atom is 0.216 e. The predicted molar refractivity (Wildman–Crippen MR) is 61.7 cm³/mol. The first-order chi connectivity index (χ1) is 7.68. The molecule has 0 saturated carbocycles. The molecule has 0 radical (unpaired) electrons. The average Bonchev–Trinajstić information content (AvgIpc) is 2.25. The molecule has 0 fully saturated rings. The lowest BCUT2D eigenvalue weighted by Crippen LogP contribution is -2.31. The fourth-order valence-corrected chi connectivity index (χ4v) is 1.34. The number of benzene rings is 1. The third kappa shape index (κ3) is 5.46. The van der Waals surface area contributed by atoms with E-state index in [4.69, 9.17) is 0 Å². The van der Waals surface area contributed by atoms with E-state index in [0.29, 0.717) is 6.54 Å². The van der Waals surface area contributed by atoms with Gasteiger partial charge < -0.3 is 10.6 Å². The summed E-state index contributed by atoms with van der Waals surface area (Å²) >= 11 is 0. The smallest absolute Gasteiger partial charge is 0.216 e. The summed E-state index contributed by atoms with van der Waals surface area (Å²) < 4.78 is 12.6. The minimum Gasteiger partial charge on any atom is -0.355 e. The molecule has 0 aromatic heterocycles. The van der Waals surface area contributed by atoms with Crippen LogP contribution >= 0.6 is 0 Å². The van der Waals surface area contributed by atoms with Crippen molar-refractivity contribution in [1.29, 1.82) is 0 Å². The molecule has 0 aliphatic heterocycles. The Morgan fingerprint density at radius 3 is 2.50 bits per heavy atom. The standard InChI is InChI=1S/C12H17FN2O/c1-10(16)15-9-8-14-7-6-11-2-4-12(13)5-3-11/h2-5,14H,6-9H2,1H3,(H,15,16). The molecule has 2 N–H and O–H groups in total. The van der Waals surface area contributed by atoms with Crippen LogP contribution in [0.25, 0.3) is 0 Å². The zero-order chi connectivity index (χ0) is 11.8. The fourth-order valence-electron chi connectivity index (χ4n) is 1.34. The van der Waals surface area contributed by atoms with E-state index in [2.05, 4.69) is 10.6 Å². The van der Waals surface area contributed by atoms with Crippen LogP contribution < -0.4 is 10.6 Å². The first-order valence-electron chi connectivity index (χ1n) is 5.38. The van der Waals surface area contributed by atoms with Crippen LogP contribution in [0.3, 0.4) is 0 Å².